The van der Waals surface area contributed by atoms with Crippen molar-refractivity contribution in [2.24, 2.45) is 0 Å². The minimum atomic E-state index is -0.154. The summed E-state index contributed by atoms with van der Waals surface area (Å²) in [5.74, 6) is 0.960. The number of nitrogens with zero attached hydrogens (tertiary/aromatic N) is 3. The number of nitrogen functional groups attached to an aromatic ring is 1. The molecule has 0 aliphatic carbocycles. The molecule has 86 valence electrons. The highest BCUT2D eigenvalue weighted by atomic mass is 16.5. The maximum Gasteiger partial charge on any atom is 0.244 e. The Bertz CT molecular complexity index is 315. The molecule has 0 spiro atoms. The molecule has 0 aromatic carbocycles. The van der Waals surface area contributed by atoms with Crippen molar-refractivity contribution < 1.29 is 4.74 Å². The lowest BCUT2D eigenvalue weighted by atomic mass is 10.1. The van der Waals surface area contributed by atoms with E-state index in [4.69, 9.17) is 10.5 Å². The van der Waals surface area contributed by atoms with Gasteiger partial charge in [-0.15, -0.1) is 5.10 Å². The number of methoxy groups -OCH3 is 1. The summed E-state index contributed by atoms with van der Waals surface area (Å²) in [6, 6.07) is 0. The highest BCUT2D eigenvalue weighted by molar-refractivity contribution is 5.32. The lowest BCUT2D eigenvalue weighted by Crippen LogP contribution is -2.25. The van der Waals surface area contributed by atoms with Gasteiger partial charge < -0.3 is 15.8 Å². The molecule has 0 bridgehead atoms. The first kappa shape index (κ1) is 11.8. The van der Waals surface area contributed by atoms with Crippen molar-refractivity contribution in [1.82, 2.24) is 14.8 Å². The molecule has 3 N–H and O–H groups in total. The van der Waals surface area contributed by atoms with Crippen LogP contribution in [0.25, 0.3) is 0 Å². The molecule has 0 fully saturated rings. The molecule has 6 nitrogen and oxygen atoms in total. The monoisotopic (exact) mass is 213 g/mol. The third-order valence-corrected chi connectivity index (χ3v) is 1.86. The Morgan fingerprint density at radius 1 is 1.47 bits per heavy atom. The summed E-state index contributed by atoms with van der Waals surface area (Å²) in [4.78, 5) is 4.11. The molecule has 15 heavy (non-hydrogen) atoms. The fourth-order valence-corrected chi connectivity index (χ4v) is 1.16. The molecule has 0 atom stereocenters. The molecular weight excluding hydrogens is 194 g/mol. The number of ether oxygens (including phenoxy) is 1. The van der Waals surface area contributed by atoms with Gasteiger partial charge in [-0.2, -0.15) is 4.98 Å². The summed E-state index contributed by atoms with van der Waals surface area (Å²) in [5, 5.41) is 7.30. The van der Waals surface area contributed by atoms with Crippen molar-refractivity contribution in [3.8, 4) is 0 Å². The number of rotatable bonds is 4. The molecule has 0 aliphatic rings. The predicted octanol–water partition coefficient (Wildman–Crippen LogP) is 0.674. The van der Waals surface area contributed by atoms with Crippen LogP contribution in [-0.4, -0.2) is 35.0 Å². The SMILES string of the molecule is COCCNc1nc(N)n(C(C)(C)C)n1. The second-order valence-electron chi connectivity index (χ2n) is 4.30. The first-order chi connectivity index (χ1) is 6.95. The Morgan fingerprint density at radius 2 is 2.13 bits per heavy atom. The molecule has 1 aromatic rings. The second-order valence-corrected chi connectivity index (χ2v) is 4.30. The number of anilines is 2. The van der Waals surface area contributed by atoms with Crippen LogP contribution in [-0.2, 0) is 10.3 Å². The Labute approximate surface area is 89.8 Å². The third-order valence-electron chi connectivity index (χ3n) is 1.86. The van der Waals surface area contributed by atoms with E-state index < -0.39 is 0 Å². The Hall–Kier alpha value is -1.30. The van der Waals surface area contributed by atoms with Crippen LogP contribution in [0.5, 0.6) is 0 Å². The maximum absolute atomic E-state index is 5.75. The van der Waals surface area contributed by atoms with Gasteiger partial charge in [0.05, 0.1) is 12.1 Å². The molecule has 1 aromatic heterocycles. The van der Waals surface area contributed by atoms with Crippen molar-refractivity contribution in [3.63, 3.8) is 0 Å². The van der Waals surface area contributed by atoms with E-state index in [1.165, 1.54) is 0 Å². The van der Waals surface area contributed by atoms with Crippen LogP contribution in [0, 0.1) is 0 Å². The first-order valence-electron chi connectivity index (χ1n) is 4.91. The minimum absolute atomic E-state index is 0.154. The largest absolute Gasteiger partial charge is 0.383 e. The summed E-state index contributed by atoms with van der Waals surface area (Å²) >= 11 is 0. The van der Waals surface area contributed by atoms with Gasteiger partial charge in [0.15, 0.2) is 0 Å². The van der Waals surface area contributed by atoms with E-state index in [9.17, 15) is 0 Å². The van der Waals surface area contributed by atoms with Crippen LogP contribution in [0.2, 0.25) is 0 Å². The number of aromatic nitrogens is 3. The second kappa shape index (κ2) is 4.48. The summed E-state index contributed by atoms with van der Waals surface area (Å²) in [6.07, 6.45) is 0. The van der Waals surface area contributed by atoms with E-state index in [1.54, 1.807) is 11.8 Å². The topological polar surface area (TPSA) is 78.0 Å². The van der Waals surface area contributed by atoms with E-state index in [0.717, 1.165) is 0 Å². The summed E-state index contributed by atoms with van der Waals surface area (Å²) in [6.45, 7) is 7.36. The molecule has 0 saturated carbocycles. The predicted molar refractivity (Wildman–Crippen MR) is 59.8 cm³/mol. The number of nitrogens with one attached hydrogen (secondary N) is 1. The summed E-state index contributed by atoms with van der Waals surface area (Å²) < 4.78 is 6.61. The van der Waals surface area contributed by atoms with Gasteiger partial charge in [-0.3, -0.25) is 0 Å². The summed E-state index contributed by atoms with van der Waals surface area (Å²) in [7, 11) is 1.65. The number of nitrogens with two attached hydrogens (primary N) is 1. The first-order valence-corrected chi connectivity index (χ1v) is 4.91. The van der Waals surface area contributed by atoms with Crippen LogP contribution >= 0.6 is 0 Å². The molecule has 0 aliphatic heterocycles. The van der Waals surface area contributed by atoms with Crippen molar-refractivity contribution in [3.05, 3.63) is 0 Å². The third kappa shape index (κ3) is 3.09. The Morgan fingerprint density at radius 3 is 2.60 bits per heavy atom. The van der Waals surface area contributed by atoms with E-state index in [1.807, 2.05) is 20.8 Å². The lowest BCUT2D eigenvalue weighted by molar-refractivity contribution is 0.210. The van der Waals surface area contributed by atoms with Gasteiger partial charge in [0.25, 0.3) is 0 Å². The zero-order valence-corrected chi connectivity index (χ0v) is 9.74. The smallest absolute Gasteiger partial charge is 0.244 e. The molecule has 0 saturated heterocycles. The average molecular weight is 213 g/mol. The number of hydrogen-bond donors (Lipinski definition) is 2. The van der Waals surface area contributed by atoms with Crippen molar-refractivity contribution in [2.45, 2.75) is 26.3 Å². The number of hydrogen-bond acceptors (Lipinski definition) is 5. The Kier molecular flexibility index (Phi) is 3.52. The van der Waals surface area contributed by atoms with Gasteiger partial charge in [0, 0.05) is 13.7 Å². The van der Waals surface area contributed by atoms with Crippen LogP contribution in [0.1, 0.15) is 20.8 Å². The van der Waals surface area contributed by atoms with Crippen LogP contribution in [0.3, 0.4) is 0 Å². The van der Waals surface area contributed by atoms with E-state index in [-0.39, 0.29) is 5.54 Å². The molecule has 0 radical (unpaired) electrons. The zero-order valence-electron chi connectivity index (χ0n) is 9.74. The molecular formula is C9H19N5O. The van der Waals surface area contributed by atoms with Gasteiger partial charge >= 0.3 is 0 Å². The molecule has 6 heteroatoms. The fourth-order valence-electron chi connectivity index (χ4n) is 1.16. The molecule has 0 amide bonds. The van der Waals surface area contributed by atoms with Crippen molar-refractivity contribution in [1.29, 1.82) is 0 Å². The van der Waals surface area contributed by atoms with E-state index in [0.29, 0.717) is 25.0 Å². The molecule has 1 rings (SSSR count). The lowest BCUT2D eigenvalue weighted by Gasteiger charge is -2.19. The zero-order chi connectivity index (χ0) is 11.5. The minimum Gasteiger partial charge on any atom is -0.383 e. The van der Waals surface area contributed by atoms with Crippen LogP contribution in [0.4, 0.5) is 11.9 Å². The van der Waals surface area contributed by atoms with Crippen molar-refractivity contribution >= 4 is 11.9 Å². The van der Waals surface area contributed by atoms with Gasteiger partial charge in [0.2, 0.25) is 11.9 Å². The average Bonchev–Trinajstić information content (AvgIpc) is 2.47. The van der Waals surface area contributed by atoms with Gasteiger partial charge in [-0.1, -0.05) is 0 Å². The Balaban J connectivity index is 2.69. The van der Waals surface area contributed by atoms with E-state index >= 15 is 0 Å². The van der Waals surface area contributed by atoms with Crippen LogP contribution in [0.15, 0.2) is 0 Å². The van der Waals surface area contributed by atoms with Gasteiger partial charge in [0.1, 0.15) is 0 Å². The van der Waals surface area contributed by atoms with E-state index in [2.05, 4.69) is 15.4 Å². The molecule has 1 heterocycles. The summed E-state index contributed by atoms with van der Waals surface area (Å²) in [5.41, 5.74) is 5.60. The van der Waals surface area contributed by atoms with Crippen LogP contribution < -0.4 is 11.1 Å². The highest BCUT2D eigenvalue weighted by Gasteiger charge is 2.18. The molecule has 0 unspecified atom stereocenters. The quantitative estimate of drug-likeness (QED) is 0.719. The van der Waals surface area contributed by atoms with Crippen molar-refractivity contribution in [2.75, 3.05) is 31.3 Å². The fraction of sp³-hybridized carbons (Fsp3) is 0.778. The highest BCUT2D eigenvalue weighted by Crippen LogP contribution is 2.17. The maximum atomic E-state index is 5.75. The normalized spacial score (nSPS) is 11.7. The van der Waals surface area contributed by atoms with Gasteiger partial charge in [-0.05, 0) is 20.8 Å². The van der Waals surface area contributed by atoms with Gasteiger partial charge in [-0.25, -0.2) is 4.68 Å². The standard InChI is InChI=1S/C9H19N5O/c1-9(2,3)14-7(10)12-8(13-14)11-5-6-15-4/h5-6H2,1-4H3,(H3,10,11,12,13).